The Labute approximate surface area is 155 Å². The van der Waals surface area contributed by atoms with Gasteiger partial charge in [-0.25, -0.2) is 13.1 Å². The Morgan fingerprint density at radius 3 is 2.31 bits per heavy atom. The molecule has 26 heavy (non-hydrogen) atoms. The fourth-order valence-electron chi connectivity index (χ4n) is 2.78. The van der Waals surface area contributed by atoms with Crippen molar-refractivity contribution in [3.8, 4) is 0 Å². The number of hydrogen-bond acceptors (Lipinski definition) is 3. The maximum Gasteiger partial charge on any atom is 0.241 e. The molecule has 0 aromatic heterocycles. The molecule has 5 nitrogen and oxygen atoms in total. The van der Waals surface area contributed by atoms with Crippen LogP contribution in [0, 0.1) is 13.8 Å². The standard InChI is InChI=1S/C20H26N2O3S/c1-14-10-11-18(15(2)12-14)26(24,25)21-13-19(23)22-17-9-7-6-8-16(17)20(3,4)5/h6-12,21H,13H2,1-5H3,(H,22,23). The molecule has 0 spiro atoms. The van der Waals surface area contributed by atoms with E-state index in [4.69, 9.17) is 0 Å². The number of anilines is 1. The Morgan fingerprint density at radius 2 is 1.69 bits per heavy atom. The van der Waals surface area contributed by atoms with Crippen molar-refractivity contribution in [2.75, 3.05) is 11.9 Å². The average molecular weight is 375 g/mol. The van der Waals surface area contributed by atoms with Crippen LogP contribution in [0.1, 0.15) is 37.5 Å². The zero-order valence-corrected chi connectivity index (χ0v) is 16.7. The first-order valence-corrected chi connectivity index (χ1v) is 9.95. The van der Waals surface area contributed by atoms with Gasteiger partial charge in [-0.3, -0.25) is 4.79 Å². The smallest absolute Gasteiger partial charge is 0.241 e. The summed E-state index contributed by atoms with van der Waals surface area (Å²) in [6.45, 7) is 9.48. The van der Waals surface area contributed by atoms with E-state index in [1.54, 1.807) is 25.1 Å². The first kappa shape index (κ1) is 20.1. The molecule has 2 rings (SSSR count). The van der Waals surface area contributed by atoms with Crippen molar-refractivity contribution in [1.82, 2.24) is 4.72 Å². The molecule has 2 aromatic rings. The molecule has 140 valence electrons. The molecule has 0 aliphatic heterocycles. The van der Waals surface area contributed by atoms with Gasteiger partial charge in [0.2, 0.25) is 15.9 Å². The van der Waals surface area contributed by atoms with Crippen molar-refractivity contribution in [2.45, 2.75) is 44.9 Å². The fourth-order valence-corrected chi connectivity index (χ4v) is 3.99. The van der Waals surface area contributed by atoms with Gasteiger partial charge in [-0.1, -0.05) is 56.7 Å². The highest BCUT2D eigenvalue weighted by molar-refractivity contribution is 7.89. The molecule has 0 bridgehead atoms. The molecule has 0 aliphatic carbocycles. The molecule has 0 heterocycles. The van der Waals surface area contributed by atoms with Crippen LogP contribution in [0.3, 0.4) is 0 Å². The molecule has 0 saturated carbocycles. The van der Waals surface area contributed by atoms with Crippen LogP contribution in [0.4, 0.5) is 5.69 Å². The van der Waals surface area contributed by atoms with Gasteiger partial charge in [0.1, 0.15) is 0 Å². The number of nitrogens with one attached hydrogen (secondary N) is 2. The molecular weight excluding hydrogens is 348 g/mol. The predicted molar refractivity (Wildman–Crippen MR) is 105 cm³/mol. The van der Waals surface area contributed by atoms with E-state index < -0.39 is 15.9 Å². The molecule has 1 amide bonds. The van der Waals surface area contributed by atoms with Crippen molar-refractivity contribution in [3.63, 3.8) is 0 Å². The van der Waals surface area contributed by atoms with Gasteiger partial charge in [-0.15, -0.1) is 0 Å². The van der Waals surface area contributed by atoms with Crippen LogP contribution in [0.5, 0.6) is 0 Å². The third-order valence-electron chi connectivity index (χ3n) is 4.05. The highest BCUT2D eigenvalue weighted by atomic mass is 32.2. The van der Waals surface area contributed by atoms with E-state index >= 15 is 0 Å². The van der Waals surface area contributed by atoms with Crippen LogP contribution in [-0.2, 0) is 20.2 Å². The maximum absolute atomic E-state index is 12.5. The second kappa shape index (κ2) is 7.60. The lowest BCUT2D eigenvalue weighted by Crippen LogP contribution is -2.33. The molecule has 0 unspecified atom stereocenters. The van der Waals surface area contributed by atoms with E-state index in [1.165, 1.54) is 0 Å². The molecule has 0 saturated heterocycles. The lowest BCUT2D eigenvalue weighted by atomic mass is 9.86. The van der Waals surface area contributed by atoms with E-state index in [-0.39, 0.29) is 16.9 Å². The summed E-state index contributed by atoms with van der Waals surface area (Å²) in [6.07, 6.45) is 0. The van der Waals surface area contributed by atoms with Crippen molar-refractivity contribution >= 4 is 21.6 Å². The van der Waals surface area contributed by atoms with Crippen molar-refractivity contribution in [1.29, 1.82) is 0 Å². The lowest BCUT2D eigenvalue weighted by Gasteiger charge is -2.23. The number of carbonyl (C=O) groups is 1. The Balaban J connectivity index is 2.10. The minimum atomic E-state index is -3.74. The number of aryl methyl sites for hydroxylation is 2. The molecular formula is C20H26N2O3S. The van der Waals surface area contributed by atoms with E-state index in [2.05, 4.69) is 30.8 Å². The van der Waals surface area contributed by atoms with E-state index in [1.807, 2.05) is 31.2 Å². The van der Waals surface area contributed by atoms with Gasteiger partial charge in [0, 0.05) is 5.69 Å². The fraction of sp³-hybridized carbons (Fsp3) is 0.350. The summed E-state index contributed by atoms with van der Waals surface area (Å²) in [7, 11) is -3.74. The van der Waals surface area contributed by atoms with Crippen LogP contribution in [-0.4, -0.2) is 20.9 Å². The summed E-state index contributed by atoms with van der Waals surface area (Å²) in [6, 6.07) is 12.6. The molecule has 2 aromatic carbocycles. The number of para-hydroxylation sites is 1. The zero-order valence-electron chi connectivity index (χ0n) is 15.9. The zero-order chi connectivity index (χ0) is 19.5. The monoisotopic (exact) mass is 374 g/mol. The molecule has 0 aliphatic rings. The second-order valence-corrected chi connectivity index (χ2v) is 9.17. The topological polar surface area (TPSA) is 75.3 Å². The van der Waals surface area contributed by atoms with Gasteiger partial charge in [0.25, 0.3) is 0 Å². The summed E-state index contributed by atoms with van der Waals surface area (Å²) in [5.74, 6) is -0.407. The number of hydrogen-bond donors (Lipinski definition) is 2. The summed E-state index contributed by atoms with van der Waals surface area (Å²) < 4.78 is 27.3. The third kappa shape index (κ3) is 4.93. The molecule has 2 N–H and O–H groups in total. The Hall–Kier alpha value is -2.18. The van der Waals surface area contributed by atoms with Crippen LogP contribution >= 0.6 is 0 Å². The SMILES string of the molecule is Cc1ccc(S(=O)(=O)NCC(=O)Nc2ccccc2C(C)(C)C)c(C)c1. The van der Waals surface area contributed by atoms with E-state index in [9.17, 15) is 13.2 Å². The number of sulfonamides is 1. The normalized spacial score (nSPS) is 12.0. The predicted octanol–water partition coefficient (Wildman–Crippen LogP) is 3.52. The number of rotatable bonds is 5. The van der Waals surface area contributed by atoms with Gasteiger partial charge >= 0.3 is 0 Å². The third-order valence-corrected chi connectivity index (χ3v) is 5.61. The van der Waals surface area contributed by atoms with Crippen molar-refractivity contribution in [3.05, 3.63) is 59.2 Å². The van der Waals surface area contributed by atoms with Gasteiger partial charge in [0.05, 0.1) is 11.4 Å². The highest BCUT2D eigenvalue weighted by Crippen LogP contribution is 2.29. The number of benzene rings is 2. The van der Waals surface area contributed by atoms with Gasteiger partial charge in [-0.05, 0) is 42.5 Å². The first-order chi connectivity index (χ1) is 12.0. The van der Waals surface area contributed by atoms with Crippen molar-refractivity contribution < 1.29 is 13.2 Å². The Kier molecular flexibility index (Phi) is 5.88. The second-order valence-electron chi connectivity index (χ2n) is 7.44. The van der Waals surface area contributed by atoms with Crippen LogP contribution < -0.4 is 10.0 Å². The first-order valence-electron chi connectivity index (χ1n) is 8.47. The summed E-state index contributed by atoms with van der Waals surface area (Å²) in [4.78, 5) is 12.5. The molecule has 0 fully saturated rings. The van der Waals surface area contributed by atoms with Gasteiger partial charge in [0.15, 0.2) is 0 Å². The molecule has 0 atom stereocenters. The summed E-state index contributed by atoms with van der Waals surface area (Å²) in [5, 5.41) is 2.80. The minimum absolute atomic E-state index is 0.137. The highest BCUT2D eigenvalue weighted by Gasteiger charge is 2.20. The summed E-state index contributed by atoms with van der Waals surface area (Å²) >= 11 is 0. The van der Waals surface area contributed by atoms with E-state index in [0.29, 0.717) is 11.3 Å². The van der Waals surface area contributed by atoms with Gasteiger partial charge < -0.3 is 5.32 Å². The molecule has 6 heteroatoms. The van der Waals surface area contributed by atoms with Gasteiger partial charge in [-0.2, -0.15) is 0 Å². The summed E-state index contributed by atoms with van der Waals surface area (Å²) in [5.41, 5.74) is 3.18. The maximum atomic E-state index is 12.5. The van der Waals surface area contributed by atoms with Crippen LogP contribution in [0.2, 0.25) is 0 Å². The quantitative estimate of drug-likeness (QED) is 0.841. The number of carbonyl (C=O) groups excluding carboxylic acids is 1. The van der Waals surface area contributed by atoms with Crippen LogP contribution in [0.15, 0.2) is 47.4 Å². The Bertz CT molecular complexity index is 913. The van der Waals surface area contributed by atoms with E-state index in [0.717, 1.165) is 11.1 Å². The lowest BCUT2D eigenvalue weighted by molar-refractivity contribution is -0.115. The van der Waals surface area contributed by atoms with Crippen molar-refractivity contribution in [2.24, 2.45) is 0 Å². The minimum Gasteiger partial charge on any atom is -0.325 e. The number of amides is 1. The van der Waals surface area contributed by atoms with Crippen LogP contribution in [0.25, 0.3) is 0 Å². The Morgan fingerprint density at radius 1 is 1.04 bits per heavy atom. The average Bonchev–Trinajstić information content (AvgIpc) is 2.52. The molecule has 0 radical (unpaired) electrons. The largest absolute Gasteiger partial charge is 0.325 e.